The number of amides is 1. The maximum absolute atomic E-state index is 10.9. The number of aliphatic carboxylic acids is 1. The molecule has 96 valence electrons. The molecular formula is C8H6ClN3O5S. The van der Waals surface area contributed by atoms with Crippen LogP contribution < -0.4 is 5.32 Å². The average molecular weight is 292 g/mol. The molecule has 0 aliphatic carbocycles. The second-order valence-electron chi connectivity index (χ2n) is 2.73. The van der Waals surface area contributed by atoms with Gasteiger partial charge in [0.1, 0.15) is 10.0 Å². The van der Waals surface area contributed by atoms with Gasteiger partial charge in [0.25, 0.3) is 0 Å². The lowest BCUT2D eigenvalue weighted by molar-refractivity contribution is -0.141. The molecule has 1 amide bonds. The zero-order chi connectivity index (χ0) is 13.7. The van der Waals surface area contributed by atoms with Crippen LogP contribution in [0.3, 0.4) is 0 Å². The lowest BCUT2D eigenvalue weighted by atomic mass is 10.3. The van der Waals surface area contributed by atoms with Gasteiger partial charge in [-0.15, -0.1) is 0 Å². The number of nitrogens with zero attached hydrogens (tertiary/aromatic N) is 2. The molecule has 1 heterocycles. The summed E-state index contributed by atoms with van der Waals surface area (Å²) in [6.07, 6.45) is 0.364. The summed E-state index contributed by atoms with van der Waals surface area (Å²) in [5.74, 6) is -2.26. The van der Waals surface area contributed by atoms with E-state index in [1.165, 1.54) is 0 Å². The van der Waals surface area contributed by atoms with Gasteiger partial charge in [-0.05, 0) is 0 Å². The number of halogens is 1. The molecule has 0 unspecified atom stereocenters. The molecule has 0 saturated heterocycles. The van der Waals surface area contributed by atoms with Gasteiger partial charge in [-0.3, -0.25) is 4.79 Å². The minimum Gasteiger partial charge on any atom is -0.476 e. The summed E-state index contributed by atoms with van der Waals surface area (Å²) in [5.41, 5.74) is -0.829. The first-order chi connectivity index (χ1) is 8.45. The van der Waals surface area contributed by atoms with Gasteiger partial charge in [-0.2, -0.15) is 0 Å². The number of hydrogen-bond acceptors (Lipinski definition) is 7. The lowest BCUT2D eigenvalue weighted by Crippen LogP contribution is -2.16. The Morgan fingerprint density at radius 2 is 2.28 bits per heavy atom. The molecule has 0 aromatic carbocycles. The standard InChI is InChI=1S/C8H6ClN3O5S/c1-3(14)17-12-5(7(15)16)4-6(9)18-8(11-4)10-2-13/h2H,1H3,(H,15,16)(H,10,11,13)/b12-5+. The zero-order valence-electron chi connectivity index (χ0n) is 8.84. The van der Waals surface area contributed by atoms with Crippen LogP contribution in [0.5, 0.6) is 0 Å². The van der Waals surface area contributed by atoms with Gasteiger partial charge >= 0.3 is 11.9 Å². The maximum atomic E-state index is 10.9. The molecule has 0 bridgehead atoms. The Bertz CT molecular complexity index is 527. The van der Waals surface area contributed by atoms with Crippen molar-refractivity contribution >= 4 is 52.1 Å². The summed E-state index contributed by atoms with van der Waals surface area (Å²) in [4.78, 5) is 39.7. The van der Waals surface area contributed by atoms with Crippen molar-refractivity contribution < 1.29 is 24.3 Å². The predicted octanol–water partition coefficient (Wildman–Crippen LogP) is 0.717. The second kappa shape index (κ2) is 6.07. The van der Waals surface area contributed by atoms with E-state index < -0.39 is 17.7 Å². The van der Waals surface area contributed by atoms with Crippen LogP contribution in [0.1, 0.15) is 12.6 Å². The normalized spacial score (nSPS) is 10.9. The molecule has 0 aliphatic heterocycles. The fraction of sp³-hybridized carbons (Fsp3) is 0.125. The minimum absolute atomic E-state index is 0.00680. The van der Waals surface area contributed by atoms with Crippen LogP contribution in [-0.4, -0.2) is 34.2 Å². The van der Waals surface area contributed by atoms with E-state index in [0.717, 1.165) is 18.3 Å². The van der Waals surface area contributed by atoms with Crippen LogP contribution >= 0.6 is 22.9 Å². The third-order valence-corrected chi connectivity index (χ3v) is 2.65. The highest BCUT2D eigenvalue weighted by molar-refractivity contribution is 7.20. The highest BCUT2D eigenvalue weighted by Gasteiger charge is 2.22. The average Bonchev–Trinajstić information content (AvgIpc) is 2.60. The van der Waals surface area contributed by atoms with Crippen molar-refractivity contribution in [3.63, 3.8) is 0 Å². The van der Waals surface area contributed by atoms with Crippen LogP contribution in [-0.2, 0) is 19.2 Å². The Morgan fingerprint density at radius 3 is 2.78 bits per heavy atom. The van der Waals surface area contributed by atoms with E-state index in [9.17, 15) is 14.4 Å². The first-order valence-corrected chi connectivity index (χ1v) is 5.51. The number of nitrogens with one attached hydrogen (secondary N) is 1. The number of carbonyl (C=O) groups excluding carboxylic acids is 2. The van der Waals surface area contributed by atoms with Crippen molar-refractivity contribution in [2.24, 2.45) is 5.16 Å². The van der Waals surface area contributed by atoms with Gasteiger partial charge in [-0.25, -0.2) is 14.6 Å². The highest BCUT2D eigenvalue weighted by Crippen LogP contribution is 2.28. The summed E-state index contributed by atoms with van der Waals surface area (Å²) in [6.45, 7) is 1.06. The number of rotatable bonds is 5. The third-order valence-electron chi connectivity index (χ3n) is 1.46. The summed E-state index contributed by atoms with van der Waals surface area (Å²) in [5, 5.41) is 14.3. The van der Waals surface area contributed by atoms with Crippen molar-refractivity contribution in [3.8, 4) is 0 Å². The lowest BCUT2D eigenvalue weighted by Gasteiger charge is -1.97. The molecular weight excluding hydrogens is 286 g/mol. The molecule has 18 heavy (non-hydrogen) atoms. The number of carboxylic acids is 1. The minimum atomic E-state index is -1.47. The fourth-order valence-electron chi connectivity index (χ4n) is 0.853. The molecule has 10 heteroatoms. The molecule has 0 aliphatic rings. The van der Waals surface area contributed by atoms with Gasteiger partial charge in [0.05, 0.1) is 0 Å². The van der Waals surface area contributed by atoms with Crippen molar-refractivity contribution in [2.45, 2.75) is 6.92 Å². The topological polar surface area (TPSA) is 118 Å². The first kappa shape index (κ1) is 14.1. The van der Waals surface area contributed by atoms with Gasteiger partial charge in [0, 0.05) is 6.92 Å². The maximum Gasteiger partial charge on any atom is 0.360 e. The molecule has 0 fully saturated rings. The summed E-state index contributed by atoms with van der Waals surface area (Å²) < 4.78 is -0.00680. The molecule has 0 radical (unpaired) electrons. The Hall–Kier alpha value is -2.00. The van der Waals surface area contributed by atoms with Gasteiger partial charge in [0.2, 0.25) is 12.1 Å². The zero-order valence-corrected chi connectivity index (χ0v) is 10.4. The second-order valence-corrected chi connectivity index (χ2v) is 4.33. The number of carboxylic acid groups (broad SMARTS) is 1. The van der Waals surface area contributed by atoms with Crippen molar-refractivity contribution in [1.29, 1.82) is 0 Å². The van der Waals surface area contributed by atoms with E-state index in [1.807, 2.05) is 0 Å². The van der Waals surface area contributed by atoms with Crippen molar-refractivity contribution in [3.05, 3.63) is 10.0 Å². The monoisotopic (exact) mass is 291 g/mol. The summed E-state index contributed by atoms with van der Waals surface area (Å²) in [7, 11) is 0. The van der Waals surface area contributed by atoms with Crippen LogP contribution in [0.2, 0.25) is 4.34 Å². The van der Waals surface area contributed by atoms with Crippen LogP contribution in [0.15, 0.2) is 5.16 Å². The van der Waals surface area contributed by atoms with E-state index in [2.05, 4.69) is 20.3 Å². The number of thiazole rings is 1. The van der Waals surface area contributed by atoms with E-state index in [0.29, 0.717) is 6.41 Å². The fourth-order valence-corrected chi connectivity index (χ4v) is 1.86. The summed E-state index contributed by atoms with van der Waals surface area (Å²) in [6, 6.07) is 0. The van der Waals surface area contributed by atoms with E-state index in [-0.39, 0.29) is 15.2 Å². The number of aromatic nitrogens is 1. The molecule has 0 atom stereocenters. The number of carbonyl (C=O) groups is 3. The van der Waals surface area contributed by atoms with Crippen molar-refractivity contribution in [2.75, 3.05) is 5.32 Å². The molecule has 2 N–H and O–H groups in total. The molecule has 0 saturated carbocycles. The quantitative estimate of drug-likeness (QED) is 0.357. The van der Waals surface area contributed by atoms with Gasteiger partial charge in [0.15, 0.2) is 5.13 Å². The molecule has 1 rings (SSSR count). The Morgan fingerprint density at radius 1 is 1.61 bits per heavy atom. The van der Waals surface area contributed by atoms with Gasteiger partial charge in [-0.1, -0.05) is 28.1 Å². The van der Waals surface area contributed by atoms with Crippen LogP contribution in [0.4, 0.5) is 5.13 Å². The smallest absolute Gasteiger partial charge is 0.360 e. The Balaban J connectivity index is 3.13. The number of hydrogen-bond donors (Lipinski definition) is 2. The van der Waals surface area contributed by atoms with Crippen LogP contribution in [0.25, 0.3) is 0 Å². The third kappa shape index (κ3) is 3.50. The van der Waals surface area contributed by atoms with Gasteiger partial charge < -0.3 is 15.3 Å². The molecule has 0 spiro atoms. The number of oxime groups is 1. The Kier molecular flexibility index (Phi) is 4.75. The largest absolute Gasteiger partial charge is 0.476 e. The molecule has 1 aromatic heterocycles. The van der Waals surface area contributed by atoms with Crippen molar-refractivity contribution in [1.82, 2.24) is 4.98 Å². The van der Waals surface area contributed by atoms with E-state index >= 15 is 0 Å². The van der Waals surface area contributed by atoms with E-state index in [4.69, 9.17) is 16.7 Å². The molecule has 8 nitrogen and oxygen atoms in total. The SMILES string of the molecule is CC(=O)O/N=C(/C(=O)O)c1nc(NC=O)sc1Cl. The van der Waals surface area contributed by atoms with E-state index in [1.54, 1.807) is 0 Å². The highest BCUT2D eigenvalue weighted by atomic mass is 35.5. The van der Waals surface area contributed by atoms with Crippen LogP contribution in [0, 0.1) is 0 Å². The predicted molar refractivity (Wildman–Crippen MR) is 62.7 cm³/mol. The number of anilines is 1. The summed E-state index contributed by atoms with van der Waals surface area (Å²) >= 11 is 6.60. The first-order valence-electron chi connectivity index (χ1n) is 4.31. The molecule has 1 aromatic rings. The Labute approximate surface area is 109 Å².